The number of likely N-dealkylation sites (tertiary alicyclic amines) is 1. The number of aliphatic imine (C=N–C) groups is 1. The summed E-state index contributed by atoms with van der Waals surface area (Å²) < 4.78 is 11.1. The van der Waals surface area contributed by atoms with Crippen molar-refractivity contribution >= 4 is 29.9 Å². The van der Waals surface area contributed by atoms with Gasteiger partial charge in [-0.25, -0.2) is 0 Å². The topological polar surface area (TPSA) is 66.3 Å². The number of aliphatic hydroxyl groups is 1. The van der Waals surface area contributed by atoms with Crippen molar-refractivity contribution in [1.29, 1.82) is 0 Å². The molecular weight excluding hydrogens is 385 g/mol. The first-order valence-electron chi connectivity index (χ1n) is 7.70. The number of aliphatic hydroxyl groups excluding tert-OH is 1. The standard InChI is InChI=1S/C14H27N3O3.HI/c1-2-15-14(17-7-5-12(18)10-17)16-6-9-19-11-13-4-3-8-20-13;/h12-13,18H,2-11H2,1H3,(H,15,16);1H/t12-,13?;/m1./s1. The molecule has 2 saturated heterocycles. The van der Waals surface area contributed by atoms with Crippen molar-refractivity contribution < 1.29 is 14.6 Å². The fourth-order valence-electron chi connectivity index (χ4n) is 2.57. The van der Waals surface area contributed by atoms with Crippen molar-refractivity contribution in [1.82, 2.24) is 10.2 Å². The van der Waals surface area contributed by atoms with Gasteiger partial charge in [0.1, 0.15) is 0 Å². The molecule has 124 valence electrons. The highest BCUT2D eigenvalue weighted by Crippen LogP contribution is 2.12. The lowest BCUT2D eigenvalue weighted by Gasteiger charge is -2.21. The Balaban J connectivity index is 0.00000220. The minimum Gasteiger partial charge on any atom is -0.391 e. The van der Waals surface area contributed by atoms with E-state index in [-0.39, 0.29) is 36.2 Å². The van der Waals surface area contributed by atoms with Gasteiger partial charge in [0.15, 0.2) is 5.96 Å². The van der Waals surface area contributed by atoms with Gasteiger partial charge >= 0.3 is 0 Å². The summed E-state index contributed by atoms with van der Waals surface area (Å²) in [5, 5.41) is 12.8. The Bertz CT molecular complexity index is 312. The number of nitrogens with zero attached hydrogens (tertiary/aromatic N) is 2. The van der Waals surface area contributed by atoms with E-state index >= 15 is 0 Å². The number of halogens is 1. The molecule has 0 spiro atoms. The summed E-state index contributed by atoms with van der Waals surface area (Å²) in [6.45, 7) is 7.22. The van der Waals surface area contributed by atoms with E-state index in [1.807, 2.05) is 0 Å². The number of hydrogen-bond acceptors (Lipinski definition) is 4. The molecule has 2 heterocycles. The second-order valence-electron chi connectivity index (χ2n) is 5.33. The normalized spacial score (nSPS) is 26.0. The van der Waals surface area contributed by atoms with Gasteiger partial charge in [-0.1, -0.05) is 0 Å². The largest absolute Gasteiger partial charge is 0.391 e. The maximum atomic E-state index is 9.58. The summed E-state index contributed by atoms with van der Waals surface area (Å²) in [5.41, 5.74) is 0. The van der Waals surface area contributed by atoms with Crippen LogP contribution in [0, 0.1) is 0 Å². The SMILES string of the molecule is CCNC(=NCCOCC1CCCO1)N1CC[C@@H](O)C1.I. The Morgan fingerprint density at radius 3 is 2.95 bits per heavy atom. The molecule has 1 unspecified atom stereocenters. The lowest BCUT2D eigenvalue weighted by atomic mass is 10.2. The third-order valence-corrected chi connectivity index (χ3v) is 3.62. The predicted molar refractivity (Wildman–Crippen MR) is 93.4 cm³/mol. The maximum absolute atomic E-state index is 9.58. The summed E-state index contributed by atoms with van der Waals surface area (Å²) in [5.74, 6) is 0.879. The smallest absolute Gasteiger partial charge is 0.194 e. The van der Waals surface area contributed by atoms with Crippen LogP contribution in [0.5, 0.6) is 0 Å². The van der Waals surface area contributed by atoms with Crippen LogP contribution in [0.4, 0.5) is 0 Å². The van der Waals surface area contributed by atoms with Crippen molar-refractivity contribution in [3.8, 4) is 0 Å². The lowest BCUT2D eigenvalue weighted by Crippen LogP contribution is -2.40. The van der Waals surface area contributed by atoms with Crippen LogP contribution < -0.4 is 5.32 Å². The molecule has 0 aromatic carbocycles. The van der Waals surface area contributed by atoms with Crippen LogP contribution in [0.25, 0.3) is 0 Å². The van der Waals surface area contributed by atoms with Crippen LogP contribution in [0.15, 0.2) is 4.99 Å². The zero-order valence-corrected chi connectivity index (χ0v) is 15.1. The number of rotatable bonds is 6. The van der Waals surface area contributed by atoms with Gasteiger partial charge in [0.25, 0.3) is 0 Å². The van der Waals surface area contributed by atoms with Gasteiger partial charge in [-0.3, -0.25) is 4.99 Å². The van der Waals surface area contributed by atoms with Crippen molar-refractivity contribution in [3.05, 3.63) is 0 Å². The number of nitrogens with one attached hydrogen (secondary N) is 1. The Morgan fingerprint density at radius 1 is 1.48 bits per heavy atom. The monoisotopic (exact) mass is 413 g/mol. The van der Waals surface area contributed by atoms with Crippen molar-refractivity contribution in [3.63, 3.8) is 0 Å². The molecule has 0 amide bonds. The first-order chi connectivity index (χ1) is 9.79. The maximum Gasteiger partial charge on any atom is 0.194 e. The number of ether oxygens (including phenoxy) is 2. The quantitative estimate of drug-likeness (QED) is 0.292. The molecule has 2 N–H and O–H groups in total. The number of β-amino-alcohol motifs (C(OH)–C–C–N with tert-alkyl or cyclic N) is 1. The fraction of sp³-hybridized carbons (Fsp3) is 0.929. The van der Waals surface area contributed by atoms with Gasteiger partial charge in [-0.15, -0.1) is 24.0 Å². The highest BCUT2D eigenvalue weighted by atomic mass is 127. The molecule has 0 aromatic rings. The van der Waals surface area contributed by atoms with Crippen LogP contribution in [0.2, 0.25) is 0 Å². The van der Waals surface area contributed by atoms with E-state index in [4.69, 9.17) is 9.47 Å². The van der Waals surface area contributed by atoms with Crippen molar-refractivity contribution in [2.45, 2.75) is 38.4 Å². The summed E-state index contributed by atoms with van der Waals surface area (Å²) in [6.07, 6.45) is 3.13. The van der Waals surface area contributed by atoms with Crippen LogP contribution in [0.3, 0.4) is 0 Å². The first kappa shape index (κ1) is 18.9. The molecule has 0 aliphatic carbocycles. The molecule has 0 saturated carbocycles. The molecule has 21 heavy (non-hydrogen) atoms. The number of guanidine groups is 1. The Labute approximate surface area is 144 Å². The first-order valence-corrected chi connectivity index (χ1v) is 7.70. The molecule has 0 bridgehead atoms. The van der Waals surface area contributed by atoms with Gasteiger partial charge in [0.2, 0.25) is 0 Å². The average Bonchev–Trinajstić information content (AvgIpc) is 3.08. The molecular formula is C14H28IN3O3. The predicted octanol–water partition coefficient (Wildman–Crippen LogP) is 0.832. The van der Waals surface area contributed by atoms with E-state index in [1.165, 1.54) is 0 Å². The molecule has 2 rings (SSSR count). The zero-order chi connectivity index (χ0) is 14.2. The van der Waals surface area contributed by atoms with Gasteiger partial charge in [-0.2, -0.15) is 0 Å². The van der Waals surface area contributed by atoms with Crippen LogP contribution in [0.1, 0.15) is 26.2 Å². The molecule has 2 fully saturated rings. The minimum atomic E-state index is -0.227. The Hall–Kier alpha value is -0.120. The van der Waals surface area contributed by atoms with Crippen molar-refractivity contribution in [2.24, 2.45) is 4.99 Å². The van der Waals surface area contributed by atoms with E-state index in [9.17, 15) is 5.11 Å². The Kier molecular flexibility index (Phi) is 9.54. The molecule has 2 aliphatic rings. The van der Waals surface area contributed by atoms with Gasteiger partial charge in [-0.05, 0) is 26.2 Å². The van der Waals surface area contributed by atoms with E-state index < -0.39 is 0 Å². The van der Waals surface area contributed by atoms with Crippen molar-refractivity contribution in [2.75, 3.05) is 46.0 Å². The van der Waals surface area contributed by atoms with Crippen LogP contribution in [-0.4, -0.2) is 74.2 Å². The average molecular weight is 413 g/mol. The van der Waals surface area contributed by atoms with Gasteiger partial charge in [0.05, 0.1) is 32.0 Å². The molecule has 6 nitrogen and oxygen atoms in total. The van der Waals surface area contributed by atoms with Gasteiger partial charge < -0.3 is 24.8 Å². The van der Waals surface area contributed by atoms with E-state index in [0.717, 1.165) is 44.9 Å². The third-order valence-electron chi connectivity index (χ3n) is 3.62. The van der Waals surface area contributed by atoms with Crippen LogP contribution >= 0.6 is 24.0 Å². The zero-order valence-electron chi connectivity index (χ0n) is 12.8. The van der Waals surface area contributed by atoms with Crippen LogP contribution in [-0.2, 0) is 9.47 Å². The summed E-state index contributed by atoms with van der Waals surface area (Å²) in [4.78, 5) is 6.65. The minimum absolute atomic E-state index is 0. The summed E-state index contributed by atoms with van der Waals surface area (Å²) in [7, 11) is 0. The third kappa shape index (κ3) is 6.66. The summed E-state index contributed by atoms with van der Waals surface area (Å²) in [6, 6.07) is 0. The molecule has 0 radical (unpaired) electrons. The second kappa shape index (κ2) is 10.6. The van der Waals surface area contributed by atoms with E-state index in [1.54, 1.807) is 0 Å². The highest BCUT2D eigenvalue weighted by molar-refractivity contribution is 14.0. The Morgan fingerprint density at radius 2 is 2.33 bits per heavy atom. The highest BCUT2D eigenvalue weighted by Gasteiger charge is 2.22. The summed E-state index contributed by atoms with van der Waals surface area (Å²) >= 11 is 0. The van der Waals surface area contributed by atoms with Gasteiger partial charge in [0, 0.05) is 26.2 Å². The van der Waals surface area contributed by atoms with E-state index in [2.05, 4.69) is 22.1 Å². The molecule has 2 atom stereocenters. The molecule has 2 aliphatic heterocycles. The lowest BCUT2D eigenvalue weighted by molar-refractivity contribution is 0.0199. The molecule has 7 heteroatoms. The van der Waals surface area contributed by atoms with E-state index in [0.29, 0.717) is 26.3 Å². The molecule has 0 aromatic heterocycles. The second-order valence-corrected chi connectivity index (χ2v) is 5.33. The fourth-order valence-corrected chi connectivity index (χ4v) is 2.57. The number of hydrogen-bond donors (Lipinski definition) is 2.